The molecule has 29 heavy (non-hydrogen) atoms. The Hall–Kier alpha value is -2.84. The molecule has 0 spiro atoms. The lowest BCUT2D eigenvalue weighted by Crippen LogP contribution is -2.49. The topological polar surface area (TPSA) is 73.3 Å². The molecule has 9 heteroatoms. The fraction of sp³-hybridized carbons (Fsp3) is 0.300. The number of hydrogen-bond donors (Lipinski definition) is 3. The van der Waals surface area contributed by atoms with E-state index in [-0.39, 0.29) is 0 Å². The number of pyridine rings is 1. The van der Waals surface area contributed by atoms with Crippen LogP contribution in [0.4, 0.5) is 21.6 Å². The molecule has 150 valence electrons. The Morgan fingerprint density at radius 1 is 1.28 bits per heavy atom. The predicted molar refractivity (Wildman–Crippen MR) is 114 cm³/mol. The fourth-order valence-corrected chi connectivity index (χ4v) is 4.22. The van der Waals surface area contributed by atoms with Crippen molar-refractivity contribution in [3.8, 4) is 0 Å². The van der Waals surface area contributed by atoms with E-state index in [1.54, 1.807) is 16.8 Å². The number of halogens is 2. The highest BCUT2D eigenvalue weighted by atomic mass is 35.5. The van der Waals surface area contributed by atoms with E-state index in [2.05, 4.69) is 43.7 Å². The van der Waals surface area contributed by atoms with Crippen LogP contribution in [0.5, 0.6) is 0 Å². The SMILES string of the molecule is Cc1cn2cc(Nc3n[nH]c4cc(N5CCNC(C)C5)cc(Cl)c34)cc(F)c2n1. The molecule has 1 aromatic carbocycles. The van der Waals surface area contributed by atoms with Gasteiger partial charge >= 0.3 is 0 Å². The first-order valence-electron chi connectivity index (χ1n) is 9.56. The molecule has 3 N–H and O–H groups in total. The summed E-state index contributed by atoms with van der Waals surface area (Å²) in [6.45, 7) is 6.79. The van der Waals surface area contributed by atoms with Crippen molar-refractivity contribution in [2.45, 2.75) is 19.9 Å². The van der Waals surface area contributed by atoms with Gasteiger partial charge in [-0.15, -0.1) is 0 Å². The summed E-state index contributed by atoms with van der Waals surface area (Å²) >= 11 is 6.63. The van der Waals surface area contributed by atoms with Crippen molar-refractivity contribution in [2.24, 2.45) is 0 Å². The number of piperazine rings is 1. The zero-order valence-electron chi connectivity index (χ0n) is 16.1. The third-order valence-corrected chi connectivity index (χ3v) is 5.52. The Labute approximate surface area is 171 Å². The largest absolute Gasteiger partial charge is 0.369 e. The van der Waals surface area contributed by atoms with Crippen LogP contribution in [0.15, 0.2) is 30.6 Å². The highest BCUT2D eigenvalue weighted by Crippen LogP contribution is 2.35. The van der Waals surface area contributed by atoms with Gasteiger partial charge in [-0.3, -0.25) is 5.10 Å². The summed E-state index contributed by atoms with van der Waals surface area (Å²) in [5, 5.41) is 15.4. The third kappa shape index (κ3) is 3.28. The molecule has 0 aliphatic carbocycles. The molecule has 1 fully saturated rings. The second kappa shape index (κ2) is 6.89. The van der Waals surface area contributed by atoms with Crippen molar-refractivity contribution in [1.82, 2.24) is 24.9 Å². The summed E-state index contributed by atoms with van der Waals surface area (Å²) in [7, 11) is 0. The molecule has 7 nitrogen and oxygen atoms in total. The maximum absolute atomic E-state index is 14.4. The predicted octanol–water partition coefficient (Wildman–Crippen LogP) is 3.85. The van der Waals surface area contributed by atoms with Gasteiger partial charge in [-0.1, -0.05) is 11.6 Å². The molecular formula is C20H21ClFN7. The standard InChI is InChI=1S/C20H21ClFN7/c1-11-8-28(4-3-23-11)14-6-15(21)18-17(7-14)26-27-19(18)25-13-5-16(22)20-24-12(2)9-29(20)10-13/h5-7,9-11,23H,3-4,8H2,1-2H3,(H2,25,26,27). The zero-order valence-corrected chi connectivity index (χ0v) is 16.9. The Kier molecular flexibility index (Phi) is 4.33. The number of H-pyrrole nitrogens is 1. The number of aromatic amines is 1. The number of anilines is 3. The van der Waals surface area contributed by atoms with Crippen LogP contribution < -0.4 is 15.5 Å². The van der Waals surface area contributed by atoms with E-state index in [9.17, 15) is 4.39 Å². The van der Waals surface area contributed by atoms with Crippen molar-refractivity contribution in [2.75, 3.05) is 29.9 Å². The van der Waals surface area contributed by atoms with Gasteiger partial charge in [-0.05, 0) is 26.0 Å². The molecule has 1 unspecified atom stereocenters. The zero-order chi connectivity index (χ0) is 20.1. The number of hydrogen-bond acceptors (Lipinski definition) is 5. The van der Waals surface area contributed by atoms with Crippen molar-refractivity contribution in [3.05, 3.63) is 47.1 Å². The molecular weight excluding hydrogens is 393 g/mol. The van der Waals surface area contributed by atoms with Crippen LogP contribution >= 0.6 is 11.6 Å². The second-order valence-electron chi connectivity index (χ2n) is 7.54. The number of nitrogens with one attached hydrogen (secondary N) is 3. The van der Waals surface area contributed by atoms with E-state index in [1.807, 2.05) is 13.0 Å². The average Bonchev–Trinajstić information content (AvgIpc) is 3.25. The van der Waals surface area contributed by atoms with Gasteiger partial charge < -0.3 is 19.9 Å². The van der Waals surface area contributed by atoms with Gasteiger partial charge in [0.05, 0.1) is 27.3 Å². The van der Waals surface area contributed by atoms with Crippen molar-refractivity contribution < 1.29 is 4.39 Å². The third-order valence-electron chi connectivity index (χ3n) is 5.22. The molecule has 0 bridgehead atoms. The fourth-order valence-electron chi connectivity index (χ4n) is 3.92. The van der Waals surface area contributed by atoms with E-state index in [4.69, 9.17) is 11.6 Å². The molecule has 4 heterocycles. The average molecular weight is 414 g/mol. The summed E-state index contributed by atoms with van der Waals surface area (Å²) in [6, 6.07) is 5.85. The lowest BCUT2D eigenvalue weighted by Gasteiger charge is -2.33. The van der Waals surface area contributed by atoms with Gasteiger partial charge in [0.25, 0.3) is 0 Å². The number of aromatic nitrogens is 4. The lowest BCUT2D eigenvalue weighted by atomic mass is 10.1. The van der Waals surface area contributed by atoms with Crippen molar-refractivity contribution in [3.63, 3.8) is 0 Å². The summed E-state index contributed by atoms with van der Waals surface area (Å²) < 4.78 is 16.0. The molecule has 3 aromatic heterocycles. The van der Waals surface area contributed by atoms with Crippen LogP contribution in [0.3, 0.4) is 0 Å². The quantitative estimate of drug-likeness (QED) is 0.475. The summed E-state index contributed by atoms with van der Waals surface area (Å²) in [5.74, 6) is 0.157. The number of imidazole rings is 1. The molecule has 5 rings (SSSR count). The minimum atomic E-state index is -0.399. The maximum atomic E-state index is 14.4. The van der Waals surface area contributed by atoms with Crippen LogP contribution in [0.1, 0.15) is 12.6 Å². The van der Waals surface area contributed by atoms with E-state index in [0.717, 1.165) is 41.9 Å². The van der Waals surface area contributed by atoms with Gasteiger partial charge in [0.1, 0.15) is 0 Å². The summed E-state index contributed by atoms with van der Waals surface area (Å²) in [6.07, 6.45) is 3.56. The Balaban J connectivity index is 1.50. The smallest absolute Gasteiger partial charge is 0.173 e. The maximum Gasteiger partial charge on any atom is 0.173 e. The molecule has 1 aliphatic heterocycles. The molecule has 0 radical (unpaired) electrons. The van der Waals surface area contributed by atoms with Gasteiger partial charge in [0, 0.05) is 49.8 Å². The van der Waals surface area contributed by atoms with E-state index < -0.39 is 5.82 Å². The van der Waals surface area contributed by atoms with Crippen molar-refractivity contribution >= 4 is 45.3 Å². The summed E-state index contributed by atoms with van der Waals surface area (Å²) in [4.78, 5) is 6.49. The normalized spacial score (nSPS) is 17.4. The highest BCUT2D eigenvalue weighted by Gasteiger charge is 2.19. The number of rotatable bonds is 3. The van der Waals surface area contributed by atoms with Gasteiger partial charge in [0.15, 0.2) is 17.3 Å². The van der Waals surface area contributed by atoms with Crippen LogP contribution in [-0.2, 0) is 0 Å². The molecule has 1 aliphatic rings. The molecule has 1 saturated heterocycles. The number of aryl methyl sites for hydroxylation is 1. The number of fused-ring (bicyclic) bond motifs is 2. The first kappa shape index (κ1) is 18.2. The van der Waals surface area contributed by atoms with Gasteiger partial charge in [0.2, 0.25) is 0 Å². The van der Waals surface area contributed by atoms with Crippen molar-refractivity contribution in [1.29, 1.82) is 0 Å². The Morgan fingerprint density at radius 3 is 2.97 bits per heavy atom. The van der Waals surface area contributed by atoms with Crippen LogP contribution in [0, 0.1) is 12.7 Å². The second-order valence-corrected chi connectivity index (χ2v) is 7.95. The highest BCUT2D eigenvalue weighted by molar-refractivity contribution is 6.36. The van der Waals surface area contributed by atoms with Crippen LogP contribution in [0.25, 0.3) is 16.6 Å². The lowest BCUT2D eigenvalue weighted by molar-refractivity contribution is 0.485. The van der Waals surface area contributed by atoms with E-state index >= 15 is 0 Å². The minimum absolute atomic E-state index is 0.299. The molecule has 1 atom stereocenters. The van der Waals surface area contributed by atoms with E-state index in [0.29, 0.717) is 28.2 Å². The van der Waals surface area contributed by atoms with Crippen LogP contribution in [-0.4, -0.2) is 45.3 Å². The first-order chi connectivity index (χ1) is 14.0. The van der Waals surface area contributed by atoms with Crippen LogP contribution in [0.2, 0.25) is 5.02 Å². The Morgan fingerprint density at radius 2 is 2.14 bits per heavy atom. The first-order valence-corrected chi connectivity index (χ1v) is 9.93. The number of benzene rings is 1. The van der Waals surface area contributed by atoms with Gasteiger partial charge in [-0.25, -0.2) is 9.37 Å². The molecule has 0 saturated carbocycles. The molecule has 0 amide bonds. The minimum Gasteiger partial charge on any atom is -0.369 e. The Bertz CT molecular complexity index is 1210. The van der Waals surface area contributed by atoms with Gasteiger partial charge in [-0.2, -0.15) is 5.10 Å². The molecule has 4 aromatic rings. The number of nitrogens with zero attached hydrogens (tertiary/aromatic N) is 4. The monoisotopic (exact) mass is 413 g/mol. The van der Waals surface area contributed by atoms with E-state index in [1.165, 1.54) is 6.07 Å². The summed E-state index contributed by atoms with van der Waals surface area (Å²) in [5.41, 5.74) is 3.52.